The van der Waals surface area contributed by atoms with Gasteiger partial charge in [-0.2, -0.15) is 5.26 Å². The van der Waals surface area contributed by atoms with Crippen LogP contribution in [0.25, 0.3) is 33.5 Å². The van der Waals surface area contributed by atoms with E-state index in [-0.39, 0.29) is 56.7 Å². The van der Waals surface area contributed by atoms with Gasteiger partial charge in [-0.05, 0) is 55.7 Å². The summed E-state index contributed by atoms with van der Waals surface area (Å²) in [5.74, 6) is -4.34. The summed E-state index contributed by atoms with van der Waals surface area (Å²) < 4.78 is 50.0. The molecule has 3 N–H and O–H groups in total. The second-order valence-corrected chi connectivity index (χ2v) is 9.68. The number of rotatable bonds is 5. The number of nitrogens with one attached hydrogen (secondary N) is 2. The molecule has 188 valence electrons. The molecule has 0 unspecified atom stereocenters. The molecular formula is C27H21F3N4O3. The first-order chi connectivity index (χ1) is 17.9. The highest BCUT2D eigenvalue weighted by molar-refractivity contribution is 5.98. The lowest BCUT2D eigenvalue weighted by atomic mass is 9.61. The van der Waals surface area contributed by atoms with Gasteiger partial charge < -0.3 is 19.8 Å². The van der Waals surface area contributed by atoms with Crippen molar-refractivity contribution in [1.82, 2.24) is 9.97 Å². The van der Waals surface area contributed by atoms with Crippen molar-refractivity contribution in [3.05, 3.63) is 59.7 Å². The van der Waals surface area contributed by atoms with Crippen LogP contribution in [0.5, 0.6) is 0 Å². The summed E-state index contributed by atoms with van der Waals surface area (Å²) in [7, 11) is 0. The largest absolute Gasteiger partial charge is 0.481 e. The SMILES string of the molecule is N#Cc1c(-c2c[nH]c3c(F)cc(F)cc23)nc(N[C@H]2C3CCC(CC3)[C@@H]2C(=O)O)c(F)c1-c1ccco1. The number of benzene rings is 1. The highest BCUT2D eigenvalue weighted by atomic mass is 19.1. The standard InChI is InChI=1S/C27H21F3N4O3/c28-14-8-15-17(11-32-25(15)18(29)9-14)24-16(10-31)21(19-2-1-7-37-19)22(30)26(34-24)33-23-13-5-3-12(4-6-13)20(23)27(35)36/h1-2,7-9,11-13,20,23,32H,3-6H2,(H,33,34)(H,35,36)/t12?,13?,20-,23-/m0/s1. The van der Waals surface area contributed by atoms with Crippen LogP contribution < -0.4 is 5.32 Å². The zero-order valence-electron chi connectivity index (χ0n) is 19.4. The summed E-state index contributed by atoms with van der Waals surface area (Å²) in [6.45, 7) is 0. The molecule has 7 nitrogen and oxygen atoms in total. The quantitative estimate of drug-likeness (QED) is 0.302. The first-order valence-electron chi connectivity index (χ1n) is 12.0. The molecule has 2 atom stereocenters. The maximum absolute atomic E-state index is 16.1. The average Bonchev–Trinajstić information content (AvgIpc) is 3.56. The third-order valence-corrected chi connectivity index (χ3v) is 7.79. The minimum Gasteiger partial charge on any atom is -0.481 e. The molecule has 3 aromatic heterocycles. The molecule has 0 amide bonds. The Labute approximate surface area is 208 Å². The third kappa shape index (κ3) is 3.65. The molecule has 3 heterocycles. The minimum absolute atomic E-state index is 0.0102. The van der Waals surface area contributed by atoms with Gasteiger partial charge in [0.1, 0.15) is 23.5 Å². The molecule has 37 heavy (non-hydrogen) atoms. The molecule has 7 rings (SSSR count). The Morgan fingerprint density at radius 3 is 2.62 bits per heavy atom. The van der Waals surface area contributed by atoms with E-state index in [9.17, 15) is 23.9 Å². The van der Waals surface area contributed by atoms with Crippen molar-refractivity contribution in [3.8, 4) is 28.7 Å². The first-order valence-corrected chi connectivity index (χ1v) is 12.0. The first kappa shape index (κ1) is 23.2. The van der Waals surface area contributed by atoms with Crippen molar-refractivity contribution in [3.63, 3.8) is 0 Å². The van der Waals surface area contributed by atoms with Gasteiger partial charge in [0.2, 0.25) is 0 Å². The molecule has 3 fully saturated rings. The molecule has 0 saturated heterocycles. The lowest BCUT2D eigenvalue weighted by Gasteiger charge is -2.47. The molecule has 3 aliphatic rings. The number of halogens is 3. The van der Waals surface area contributed by atoms with Crippen molar-refractivity contribution < 1.29 is 27.5 Å². The van der Waals surface area contributed by atoms with E-state index in [2.05, 4.69) is 15.3 Å². The maximum atomic E-state index is 16.1. The Morgan fingerprint density at radius 2 is 1.95 bits per heavy atom. The number of nitrogens with zero attached hydrogens (tertiary/aromatic N) is 2. The lowest BCUT2D eigenvalue weighted by Crippen LogP contribution is -2.51. The number of hydrogen-bond acceptors (Lipinski definition) is 5. The number of hydrogen-bond donors (Lipinski definition) is 3. The number of aromatic nitrogens is 2. The van der Waals surface area contributed by atoms with Crippen molar-refractivity contribution in [2.24, 2.45) is 17.8 Å². The normalized spacial score (nSPS) is 22.8. The van der Waals surface area contributed by atoms with Crippen molar-refractivity contribution in [2.45, 2.75) is 31.7 Å². The zero-order chi connectivity index (χ0) is 25.8. The van der Waals surface area contributed by atoms with E-state index in [0.717, 1.165) is 37.8 Å². The van der Waals surface area contributed by atoms with Gasteiger partial charge in [-0.1, -0.05) is 0 Å². The fourth-order valence-electron chi connectivity index (χ4n) is 6.14. The zero-order valence-corrected chi connectivity index (χ0v) is 19.4. The van der Waals surface area contributed by atoms with Crippen molar-refractivity contribution in [2.75, 3.05) is 5.32 Å². The van der Waals surface area contributed by atoms with Crippen LogP contribution in [0.15, 0.2) is 41.1 Å². The van der Waals surface area contributed by atoms with E-state index in [1.807, 2.05) is 6.07 Å². The van der Waals surface area contributed by atoms with Crippen LogP contribution in [0.1, 0.15) is 31.2 Å². The third-order valence-electron chi connectivity index (χ3n) is 7.79. The summed E-state index contributed by atoms with van der Waals surface area (Å²) in [6, 6.07) is 6.29. The molecule has 2 bridgehead atoms. The molecule has 0 spiro atoms. The topological polar surface area (TPSA) is 115 Å². The predicted molar refractivity (Wildman–Crippen MR) is 128 cm³/mol. The number of carboxylic acids is 1. The molecule has 3 aliphatic carbocycles. The summed E-state index contributed by atoms with van der Waals surface area (Å²) in [6.07, 6.45) is 5.97. The Hall–Kier alpha value is -4.26. The maximum Gasteiger partial charge on any atom is 0.308 e. The number of carbonyl (C=O) groups is 1. The number of aromatic amines is 1. The Bertz CT molecular complexity index is 1570. The van der Waals surface area contributed by atoms with Gasteiger partial charge in [0.15, 0.2) is 11.6 Å². The van der Waals surface area contributed by atoms with Crippen LogP contribution in [0.2, 0.25) is 0 Å². The van der Waals surface area contributed by atoms with Crippen LogP contribution >= 0.6 is 0 Å². The van der Waals surface area contributed by atoms with E-state index in [1.165, 1.54) is 18.5 Å². The number of H-pyrrole nitrogens is 1. The van der Waals surface area contributed by atoms with Gasteiger partial charge in [-0.25, -0.2) is 18.2 Å². The molecule has 0 radical (unpaired) electrons. The van der Waals surface area contributed by atoms with E-state index < -0.39 is 35.4 Å². The highest BCUT2D eigenvalue weighted by Gasteiger charge is 2.47. The number of pyridine rings is 1. The van der Waals surface area contributed by atoms with Crippen LogP contribution in [0.3, 0.4) is 0 Å². The predicted octanol–water partition coefficient (Wildman–Crippen LogP) is 6.08. The Morgan fingerprint density at radius 1 is 1.19 bits per heavy atom. The summed E-state index contributed by atoms with van der Waals surface area (Å²) in [5.41, 5.74) is -0.152. The lowest BCUT2D eigenvalue weighted by molar-refractivity contribution is -0.148. The number of carboxylic acid groups (broad SMARTS) is 1. The molecule has 1 aromatic carbocycles. The van der Waals surface area contributed by atoms with E-state index >= 15 is 4.39 Å². The van der Waals surface area contributed by atoms with E-state index in [1.54, 1.807) is 6.07 Å². The number of nitriles is 1. The van der Waals surface area contributed by atoms with Gasteiger partial charge in [0, 0.05) is 29.3 Å². The van der Waals surface area contributed by atoms with E-state index in [4.69, 9.17) is 4.42 Å². The van der Waals surface area contributed by atoms with Crippen LogP contribution in [-0.2, 0) is 4.79 Å². The second kappa shape index (κ2) is 8.69. The highest BCUT2D eigenvalue weighted by Crippen LogP contribution is 2.47. The Kier molecular flexibility index (Phi) is 5.44. The Balaban J connectivity index is 1.57. The number of fused-ring (bicyclic) bond motifs is 4. The fourth-order valence-corrected chi connectivity index (χ4v) is 6.14. The molecule has 4 aromatic rings. The van der Waals surface area contributed by atoms with Gasteiger partial charge in [-0.15, -0.1) is 0 Å². The van der Waals surface area contributed by atoms with Gasteiger partial charge in [0.25, 0.3) is 0 Å². The average molecular weight is 506 g/mol. The minimum atomic E-state index is -0.949. The van der Waals surface area contributed by atoms with Crippen molar-refractivity contribution in [1.29, 1.82) is 5.26 Å². The molecular weight excluding hydrogens is 485 g/mol. The van der Waals surface area contributed by atoms with Gasteiger partial charge >= 0.3 is 5.97 Å². The van der Waals surface area contributed by atoms with Crippen LogP contribution in [0, 0.1) is 46.5 Å². The number of furan rings is 1. The number of anilines is 1. The summed E-state index contributed by atoms with van der Waals surface area (Å²) in [5, 5.41) is 23.2. The second-order valence-electron chi connectivity index (χ2n) is 9.68. The van der Waals surface area contributed by atoms with Crippen LogP contribution in [-0.4, -0.2) is 27.1 Å². The molecule has 10 heteroatoms. The summed E-state index contributed by atoms with van der Waals surface area (Å²) in [4.78, 5) is 19.3. The molecule has 0 aliphatic heterocycles. The smallest absolute Gasteiger partial charge is 0.308 e. The van der Waals surface area contributed by atoms with Crippen LogP contribution in [0.4, 0.5) is 19.0 Å². The number of aliphatic carboxylic acids is 1. The summed E-state index contributed by atoms with van der Waals surface area (Å²) >= 11 is 0. The van der Waals surface area contributed by atoms with E-state index in [0.29, 0.717) is 0 Å². The fraction of sp³-hybridized carbons (Fsp3) is 0.296. The van der Waals surface area contributed by atoms with Gasteiger partial charge in [0.05, 0.1) is 34.5 Å². The molecule has 3 saturated carbocycles. The monoisotopic (exact) mass is 506 g/mol. The van der Waals surface area contributed by atoms with Crippen molar-refractivity contribution >= 4 is 22.7 Å². The van der Waals surface area contributed by atoms with Gasteiger partial charge in [-0.3, -0.25) is 4.79 Å².